The minimum absolute atomic E-state index is 1.09. The van der Waals surface area contributed by atoms with Crippen LogP contribution in [-0.4, -0.2) is 4.57 Å². The SMILES string of the molecule is c1cc(-c2ccc(N(c3ccc(-c4ccc5ccccc5c4)cc3)c3ccccc3-c3cccc4ccccc34)cc2)cc(-c2ccccc2-n2c3ccccc3c3ccccc32)c1. The first kappa shape index (κ1) is 37.3. The van der Waals surface area contributed by atoms with Gasteiger partial charge in [-0.3, -0.25) is 0 Å². The molecule has 11 aromatic carbocycles. The normalized spacial score (nSPS) is 11.4. The Labute approximate surface area is 373 Å². The summed E-state index contributed by atoms with van der Waals surface area (Å²) < 4.78 is 2.42. The minimum atomic E-state index is 1.09. The third kappa shape index (κ3) is 6.52. The molecule has 0 spiro atoms. The first-order chi connectivity index (χ1) is 31.7. The fourth-order valence-electron chi connectivity index (χ4n) is 9.72. The average Bonchev–Trinajstić information content (AvgIpc) is 3.71. The average molecular weight is 815 g/mol. The molecule has 2 heteroatoms. The van der Waals surface area contributed by atoms with Gasteiger partial charge in [0.15, 0.2) is 0 Å². The van der Waals surface area contributed by atoms with Crippen LogP contribution in [-0.2, 0) is 0 Å². The van der Waals surface area contributed by atoms with Crippen LogP contribution < -0.4 is 4.90 Å². The molecule has 1 heterocycles. The topological polar surface area (TPSA) is 8.17 Å². The molecule has 0 saturated carbocycles. The Morgan fingerprint density at radius 3 is 1.47 bits per heavy atom. The van der Waals surface area contributed by atoms with Crippen molar-refractivity contribution < 1.29 is 0 Å². The Hall–Kier alpha value is -8.46. The van der Waals surface area contributed by atoms with E-state index < -0.39 is 0 Å². The summed E-state index contributed by atoms with van der Waals surface area (Å²) in [6, 6.07) is 92.7. The van der Waals surface area contributed by atoms with E-state index >= 15 is 0 Å². The summed E-state index contributed by atoms with van der Waals surface area (Å²) in [5.74, 6) is 0. The van der Waals surface area contributed by atoms with Crippen LogP contribution in [0.2, 0.25) is 0 Å². The summed E-state index contributed by atoms with van der Waals surface area (Å²) in [7, 11) is 0. The van der Waals surface area contributed by atoms with E-state index in [9.17, 15) is 0 Å². The molecule has 0 N–H and O–H groups in total. The molecule has 0 radical (unpaired) electrons. The highest BCUT2D eigenvalue weighted by Gasteiger charge is 2.20. The van der Waals surface area contributed by atoms with E-state index in [2.05, 4.69) is 264 Å². The number of rotatable bonds is 8. The molecule has 0 amide bonds. The summed E-state index contributed by atoms with van der Waals surface area (Å²) in [6.45, 7) is 0. The van der Waals surface area contributed by atoms with E-state index in [1.165, 1.54) is 88.0 Å². The van der Waals surface area contributed by atoms with Crippen LogP contribution in [0, 0.1) is 0 Å². The van der Waals surface area contributed by atoms with Crippen LogP contribution in [0.25, 0.3) is 93.5 Å². The lowest BCUT2D eigenvalue weighted by molar-refractivity contribution is 1.18. The molecule has 0 saturated heterocycles. The van der Waals surface area contributed by atoms with Gasteiger partial charge in [0.1, 0.15) is 0 Å². The van der Waals surface area contributed by atoms with Crippen LogP contribution in [0.4, 0.5) is 17.1 Å². The second kappa shape index (κ2) is 15.8. The predicted octanol–water partition coefficient (Wildman–Crippen LogP) is 17.2. The molecule has 1 aromatic heterocycles. The number of nitrogens with zero attached hydrogens (tertiary/aromatic N) is 2. The Morgan fingerprint density at radius 1 is 0.266 bits per heavy atom. The lowest BCUT2D eigenvalue weighted by atomic mass is 9.95. The van der Waals surface area contributed by atoms with Crippen LogP contribution in [0.3, 0.4) is 0 Å². The van der Waals surface area contributed by atoms with Crippen molar-refractivity contribution in [3.63, 3.8) is 0 Å². The van der Waals surface area contributed by atoms with Gasteiger partial charge in [-0.2, -0.15) is 0 Å². The summed E-state index contributed by atoms with van der Waals surface area (Å²) in [5.41, 5.74) is 16.4. The first-order valence-electron chi connectivity index (χ1n) is 22.0. The largest absolute Gasteiger partial charge is 0.310 e. The zero-order valence-corrected chi connectivity index (χ0v) is 35.1. The summed E-state index contributed by atoms with van der Waals surface area (Å²) in [6.07, 6.45) is 0. The van der Waals surface area contributed by atoms with Crippen LogP contribution >= 0.6 is 0 Å². The number of hydrogen-bond donors (Lipinski definition) is 0. The van der Waals surface area contributed by atoms with Gasteiger partial charge in [0.25, 0.3) is 0 Å². The molecule has 0 unspecified atom stereocenters. The highest BCUT2D eigenvalue weighted by atomic mass is 15.1. The second-order valence-corrected chi connectivity index (χ2v) is 16.5. The van der Waals surface area contributed by atoms with E-state index in [-0.39, 0.29) is 0 Å². The molecular weight excluding hydrogens is 773 g/mol. The maximum Gasteiger partial charge on any atom is 0.0541 e. The second-order valence-electron chi connectivity index (χ2n) is 16.5. The lowest BCUT2D eigenvalue weighted by Gasteiger charge is -2.28. The van der Waals surface area contributed by atoms with Crippen molar-refractivity contribution in [3.8, 4) is 50.2 Å². The van der Waals surface area contributed by atoms with Gasteiger partial charge in [0.05, 0.1) is 22.4 Å². The molecule has 0 fully saturated rings. The smallest absolute Gasteiger partial charge is 0.0541 e. The van der Waals surface area contributed by atoms with Crippen molar-refractivity contribution in [2.24, 2.45) is 0 Å². The minimum Gasteiger partial charge on any atom is -0.310 e. The number of fused-ring (bicyclic) bond motifs is 5. The van der Waals surface area contributed by atoms with Gasteiger partial charge in [-0.05, 0) is 116 Å². The zero-order valence-electron chi connectivity index (χ0n) is 35.1. The molecule has 0 bridgehead atoms. The number of para-hydroxylation sites is 4. The van der Waals surface area contributed by atoms with Gasteiger partial charge in [-0.1, -0.05) is 194 Å². The Balaban J connectivity index is 0.950. The fraction of sp³-hybridized carbons (Fsp3) is 0. The zero-order chi connectivity index (χ0) is 42.4. The summed E-state index contributed by atoms with van der Waals surface area (Å²) in [4.78, 5) is 2.41. The van der Waals surface area contributed by atoms with Crippen LogP contribution in [0.5, 0.6) is 0 Å². The van der Waals surface area contributed by atoms with Gasteiger partial charge in [-0.15, -0.1) is 0 Å². The van der Waals surface area contributed by atoms with Crippen molar-refractivity contribution in [1.29, 1.82) is 0 Å². The molecule has 12 aromatic rings. The molecule has 64 heavy (non-hydrogen) atoms. The highest BCUT2D eigenvalue weighted by Crippen LogP contribution is 2.44. The van der Waals surface area contributed by atoms with Crippen molar-refractivity contribution in [3.05, 3.63) is 255 Å². The fourth-order valence-corrected chi connectivity index (χ4v) is 9.72. The molecule has 0 atom stereocenters. The molecule has 12 rings (SSSR count). The maximum atomic E-state index is 2.42. The van der Waals surface area contributed by atoms with E-state index in [1.807, 2.05) is 0 Å². The molecule has 300 valence electrons. The van der Waals surface area contributed by atoms with Crippen molar-refractivity contribution in [2.75, 3.05) is 4.90 Å². The third-order valence-corrected chi connectivity index (χ3v) is 12.8. The van der Waals surface area contributed by atoms with Gasteiger partial charge in [0, 0.05) is 33.3 Å². The Kier molecular flexibility index (Phi) is 9.20. The van der Waals surface area contributed by atoms with Crippen LogP contribution in [0.1, 0.15) is 0 Å². The van der Waals surface area contributed by atoms with Crippen molar-refractivity contribution in [1.82, 2.24) is 4.57 Å². The van der Waals surface area contributed by atoms with Gasteiger partial charge in [-0.25, -0.2) is 0 Å². The molecule has 2 nitrogen and oxygen atoms in total. The van der Waals surface area contributed by atoms with Crippen molar-refractivity contribution in [2.45, 2.75) is 0 Å². The van der Waals surface area contributed by atoms with Crippen LogP contribution in [0.15, 0.2) is 255 Å². The quantitative estimate of drug-likeness (QED) is 0.148. The maximum absolute atomic E-state index is 2.42. The Bertz CT molecular complexity index is 3610. The van der Waals surface area contributed by atoms with Gasteiger partial charge >= 0.3 is 0 Å². The number of aromatic nitrogens is 1. The van der Waals surface area contributed by atoms with E-state index in [1.54, 1.807) is 0 Å². The summed E-state index contributed by atoms with van der Waals surface area (Å²) >= 11 is 0. The highest BCUT2D eigenvalue weighted by molar-refractivity contribution is 6.10. The molecular formula is C62H42N2. The predicted molar refractivity (Wildman–Crippen MR) is 272 cm³/mol. The number of hydrogen-bond acceptors (Lipinski definition) is 1. The van der Waals surface area contributed by atoms with E-state index in [0.29, 0.717) is 0 Å². The summed E-state index contributed by atoms with van der Waals surface area (Å²) in [5, 5.41) is 7.48. The van der Waals surface area contributed by atoms with E-state index in [4.69, 9.17) is 0 Å². The standard InChI is InChI=1S/C62H42N2/c1-2-17-47-41-49(32-31-43(47)15-1)45-35-39-52(40-36-45)63(60-28-10-6-23-56(60)55-26-14-18-46-16-3-4-21-53(46)55)51-37-33-44(34-38-51)48-19-13-20-50(42-48)54-22-5-9-27-59(54)64-61-29-11-7-24-57(61)58-25-8-12-30-62(58)64/h1-42H. The van der Waals surface area contributed by atoms with Gasteiger partial charge < -0.3 is 9.47 Å². The number of benzene rings is 11. The number of anilines is 3. The molecule has 0 aliphatic carbocycles. The lowest BCUT2D eigenvalue weighted by Crippen LogP contribution is -2.11. The third-order valence-electron chi connectivity index (χ3n) is 12.8. The van der Waals surface area contributed by atoms with Crippen molar-refractivity contribution >= 4 is 60.4 Å². The Morgan fingerprint density at radius 2 is 0.750 bits per heavy atom. The molecule has 0 aliphatic rings. The molecule has 0 aliphatic heterocycles. The first-order valence-corrected chi connectivity index (χ1v) is 22.0. The van der Waals surface area contributed by atoms with Gasteiger partial charge in [0.2, 0.25) is 0 Å². The van der Waals surface area contributed by atoms with E-state index in [0.717, 1.165) is 22.6 Å². The monoisotopic (exact) mass is 814 g/mol.